The van der Waals surface area contributed by atoms with Crippen LogP contribution in [0.3, 0.4) is 0 Å². The molecule has 9 heteroatoms. The molecule has 0 bridgehead atoms. The van der Waals surface area contributed by atoms with Gasteiger partial charge in [0, 0.05) is 18.9 Å². The van der Waals surface area contributed by atoms with Gasteiger partial charge in [0.15, 0.2) is 0 Å². The number of primary amides is 1. The van der Waals surface area contributed by atoms with Crippen LogP contribution in [0.5, 0.6) is 0 Å². The van der Waals surface area contributed by atoms with Crippen LogP contribution in [0, 0.1) is 5.92 Å². The molecule has 0 saturated heterocycles. The minimum atomic E-state index is -0.462. The van der Waals surface area contributed by atoms with E-state index in [1.807, 2.05) is 13.8 Å². The molecular weight excluding hydrogens is 294 g/mol. The standard InChI is InChI=1S/C12H16ClN7O/c1-8(2)5-20(6-9(14)21)12-17-10(13)16-11(18-12)19-4-3-15-7-19/h3-4,7-8H,5-6H2,1-2H3,(H2,14,21). The molecule has 0 spiro atoms. The average Bonchev–Trinajstić information content (AvgIpc) is 2.90. The highest BCUT2D eigenvalue weighted by Crippen LogP contribution is 2.14. The first-order valence-electron chi connectivity index (χ1n) is 6.39. The molecule has 0 saturated carbocycles. The van der Waals surface area contributed by atoms with Crippen LogP contribution in [0.4, 0.5) is 5.95 Å². The maximum atomic E-state index is 11.2. The van der Waals surface area contributed by atoms with Crippen molar-refractivity contribution in [2.75, 3.05) is 18.0 Å². The van der Waals surface area contributed by atoms with Gasteiger partial charge in [0.1, 0.15) is 6.33 Å². The molecule has 0 atom stereocenters. The van der Waals surface area contributed by atoms with Crippen molar-refractivity contribution in [1.29, 1.82) is 0 Å². The van der Waals surface area contributed by atoms with E-state index < -0.39 is 5.91 Å². The Morgan fingerprint density at radius 1 is 1.43 bits per heavy atom. The van der Waals surface area contributed by atoms with E-state index in [9.17, 15) is 4.79 Å². The summed E-state index contributed by atoms with van der Waals surface area (Å²) in [7, 11) is 0. The average molecular weight is 310 g/mol. The Labute approximate surface area is 127 Å². The molecule has 2 N–H and O–H groups in total. The van der Waals surface area contributed by atoms with E-state index >= 15 is 0 Å². The molecule has 0 aliphatic rings. The topological polar surface area (TPSA) is 103 Å². The maximum Gasteiger partial charge on any atom is 0.241 e. The first-order chi connectivity index (χ1) is 9.95. The van der Waals surface area contributed by atoms with E-state index in [2.05, 4.69) is 19.9 Å². The normalized spacial score (nSPS) is 10.9. The van der Waals surface area contributed by atoms with Gasteiger partial charge in [-0.15, -0.1) is 0 Å². The zero-order valence-electron chi connectivity index (χ0n) is 11.8. The number of rotatable bonds is 6. The van der Waals surface area contributed by atoms with E-state index in [1.165, 1.54) is 0 Å². The molecule has 2 aromatic heterocycles. The van der Waals surface area contributed by atoms with Crippen molar-refractivity contribution < 1.29 is 4.79 Å². The number of carbonyl (C=O) groups is 1. The molecule has 21 heavy (non-hydrogen) atoms. The van der Waals surface area contributed by atoms with Gasteiger partial charge in [-0.05, 0) is 17.5 Å². The van der Waals surface area contributed by atoms with E-state index in [4.69, 9.17) is 17.3 Å². The summed E-state index contributed by atoms with van der Waals surface area (Å²) in [6.45, 7) is 4.63. The van der Waals surface area contributed by atoms with Gasteiger partial charge in [-0.3, -0.25) is 9.36 Å². The third kappa shape index (κ3) is 4.12. The minimum Gasteiger partial charge on any atom is -0.368 e. The number of nitrogens with two attached hydrogens (primary N) is 1. The molecule has 1 amide bonds. The summed E-state index contributed by atoms with van der Waals surface area (Å²) in [5, 5.41) is 0.0435. The van der Waals surface area contributed by atoms with Crippen molar-refractivity contribution in [1.82, 2.24) is 24.5 Å². The first-order valence-corrected chi connectivity index (χ1v) is 6.76. The van der Waals surface area contributed by atoms with Crippen molar-refractivity contribution >= 4 is 23.5 Å². The number of anilines is 1. The van der Waals surface area contributed by atoms with Crippen molar-refractivity contribution in [2.45, 2.75) is 13.8 Å². The second kappa shape index (κ2) is 6.49. The van der Waals surface area contributed by atoms with Crippen LogP contribution in [0.25, 0.3) is 5.95 Å². The number of carbonyl (C=O) groups excluding carboxylic acids is 1. The van der Waals surface area contributed by atoms with Crippen molar-refractivity contribution in [3.05, 3.63) is 24.0 Å². The van der Waals surface area contributed by atoms with E-state index in [0.717, 1.165) is 0 Å². The monoisotopic (exact) mass is 309 g/mol. The predicted molar refractivity (Wildman–Crippen MR) is 78.2 cm³/mol. The van der Waals surface area contributed by atoms with Crippen molar-refractivity contribution in [3.8, 4) is 5.95 Å². The number of hydrogen-bond donors (Lipinski definition) is 1. The van der Waals surface area contributed by atoms with Crippen molar-refractivity contribution in [3.63, 3.8) is 0 Å². The van der Waals surface area contributed by atoms with Crippen LogP contribution in [-0.2, 0) is 4.79 Å². The van der Waals surface area contributed by atoms with Gasteiger partial charge in [0.25, 0.3) is 0 Å². The number of amides is 1. The number of aromatic nitrogens is 5. The van der Waals surface area contributed by atoms with E-state index in [-0.39, 0.29) is 11.8 Å². The van der Waals surface area contributed by atoms with Crippen LogP contribution >= 0.6 is 11.6 Å². The van der Waals surface area contributed by atoms with Crippen LogP contribution in [0.15, 0.2) is 18.7 Å². The van der Waals surface area contributed by atoms with Crippen molar-refractivity contribution in [2.24, 2.45) is 11.7 Å². The second-order valence-electron chi connectivity index (χ2n) is 4.92. The summed E-state index contributed by atoms with van der Waals surface area (Å²) in [6, 6.07) is 0. The van der Waals surface area contributed by atoms with Gasteiger partial charge >= 0.3 is 0 Å². The third-order valence-electron chi connectivity index (χ3n) is 2.53. The van der Waals surface area contributed by atoms with Crippen LogP contribution in [-0.4, -0.2) is 43.5 Å². The quantitative estimate of drug-likeness (QED) is 0.840. The van der Waals surface area contributed by atoms with E-state index in [1.54, 1.807) is 28.2 Å². The molecule has 0 radical (unpaired) electrons. The Balaban J connectivity index is 2.37. The van der Waals surface area contributed by atoms with Crippen LogP contribution < -0.4 is 10.6 Å². The van der Waals surface area contributed by atoms with Crippen LogP contribution in [0.2, 0.25) is 5.28 Å². The Morgan fingerprint density at radius 2 is 2.19 bits per heavy atom. The SMILES string of the molecule is CC(C)CN(CC(N)=O)c1nc(Cl)nc(-n2ccnc2)n1. The summed E-state index contributed by atoms with van der Waals surface area (Å²) < 4.78 is 1.61. The van der Waals surface area contributed by atoms with E-state index in [0.29, 0.717) is 24.4 Å². The smallest absolute Gasteiger partial charge is 0.241 e. The number of imidazole rings is 1. The fraction of sp³-hybridized carbons (Fsp3) is 0.417. The van der Waals surface area contributed by atoms with Gasteiger partial charge in [0.2, 0.25) is 23.1 Å². The Morgan fingerprint density at radius 3 is 2.76 bits per heavy atom. The minimum absolute atomic E-state index is 0.0158. The summed E-state index contributed by atoms with van der Waals surface area (Å²) >= 11 is 5.95. The van der Waals surface area contributed by atoms with Crippen LogP contribution in [0.1, 0.15) is 13.8 Å². The lowest BCUT2D eigenvalue weighted by atomic mass is 10.2. The lowest BCUT2D eigenvalue weighted by molar-refractivity contribution is -0.116. The molecule has 2 heterocycles. The number of hydrogen-bond acceptors (Lipinski definition) is 6. The summed E-state index contributed by atoms with van der Waals surface area (Å²) in [6.07, 6.45) is 4.85. The highest BCUT2D eigenvalue weighted by Gasteiger charge is 2.17. The van der Waals surface area contributed by atoms with Gasteiger partial charge in [0.05, 0.1) is 6.54 Å². The molecular formula is C12H16ClN7O. The summed E-state index contributed by atoms with van der Waals surface area (Å²) in [4.78, 5) is 29.3. The lowest BCUT2D eigenvalue weighted by Crippen LogP contribution is -2.37. The lowest BCUT2D eigenvalue weighted by Gasteiger charge is -2.23. The molecule has 0 aliphatic carbocycles. The fourth-order valence-electron chi connectivity index (χ4n) is 1.81. The molecule has 0 aromatic carbocycles. The summed E-state index contributed by atoms with van der Waals surface area (Å²) in [5.74, 6) is 0.486. The largest absolute Gasteiger partial charge is 0.368 e. The molecule has 2 aromatic rings. The highest BCUT2D eigenvalue weighted by molar-refractivity contribution is 6.28. The Hall–Kier alpha value is -2.22. The molecule has 2 rings (SSSR count). The highest BCUT2D eigenvalue weighted by atomic mass is 35.5. The first kappa shape index (κ1) is 15.2. The second-order valence-corrected chi connectivity index (χ2v) is 5.25. The summed E-state index contributed by atoms with van der Waals surface area (Å²) in [5.41, 5.74) is 5.28. The number of nitrogens with zero attached hydrogens (tertiary/aromatic N) is 6. The maximum absolute atomic E-state index is 11.2. The van der Waals surface area contributed by atoms with Gasteiger partial charge in [-0.2, -0.15) is 15.0 Å². The Bertz CT molecular complexity index is 614. The molecule has 0 fully saturated rings. The molecule has 0 unspecified atom stereocenters. The molecule has 0 aliphatic heterocycles. The predicted octanol–water partition coefficient (Wildman–Crippen LogP) is 0.658. The van der Waals surface area contributed by atoms with Gasteiger partial charge in [-0.1, -0.05) is 13.8 Å². The Kier molecular flexibility index (Phi) is 4.69. The van der Waals surface area contributed by atoms with Gasteiger partial charge < -0.3 is 10.6 Å². The zero-order valence-corrected chi connectivity index (χ0v) is 12.5. The number of halogens is 1. The molecule has 8 nitrogen and oxygen atoms in total. The zero-order chi connectivity index (χ0) is 15.4. The van der Waals surface area contributed by atoms with Gasteiger partial charge in [-0.25, -0.2) is 4.98 Å². The molecule has 112 valence electrons. The fourth-order valence-corrected chi connectivity index (χ4v) is 1.96. The third-order valence-corrected chi connectivity index (χ3v) is 2.70.